The molecule has 8 heteroatoms. The highest BCUT2D eigenvalue weighted by Gasteiger charge is 2.28. The Morgan fingerprint density at radius 1 is 1.32 bits per heavy atom. The summed E-state index contributed by atoms with van der Waals surface area (Å²) in [7, 11) is 0. The van der Waals surface area contributed by atoms with Gasteiger partial charge < -0.3 is 14.6 Å². The van der Waals surface area contributed by atoms with Crippen LogP contribution in [-0.2, 0) is 19.1 Å². The number of phenolic OH excluding ortho intramolecular Hbond substituents is 1. The molecule has 0 spiro atoms. The Hall–Kier alpha value is -1.60. The number of carbonyl (C=O) groups is 2. The SMILES string of the molecule is CCOC(=O)C(N=Cc1cc(Cl)cc(Br)c1O)C(=O)OCC. The van der Waals surface area contributed by atoms with E-state index in [-0.39, 0.29) is 24.5 Å². The van der Waals surface area contributed by atoms with Crippen LogP contribution in [0.1, 0.15) is 19.4 Å². The molecule has 120 valence electrons. The van der Waals surface area contributed by atoms with Crippen LogP contribution in [0.25, 0.3) is 0 Å². The van der Waals surface area contributed by atoms with Gasteiger partial charge in [0.2, 0.25) is 6.04 Å². The molecule has 0 unspecified atom stereocenters. The van der Waals surface area contributed by atoms with E-state index >= 15 is 0 Å². The van der Waals surface area contributed by atoms with Crippen molar-refractivity contribution in [2.45, 2.75) is 19.9 Å². The van der Waals surface area contributed by atoms with E-state index in [4.69, 9.17) is 21.1 Å². The van der Waals surface area contributed by atoms with Crippen molar-refractivity contribution < 1.29 is 24.2 Å². The van der Waals surface area contributed by atoms with Gasteiger partial charge >= 0.3 is 11.9 Å². The number of aromatic hydroxyl groups is 1. The summed E-state index contributed by atoms with van der Waals surface area (Å²) in [6.07, 6.45) is 1.17. The number of aliphatic imine (C=N–C) groups is 1. The lowest BCUT2D eigenvalue weighted by Gasteiger charge is -2.10. The fraction of sp³-hybridized carbons (Fsp3) is 0.357. The maximum absolute atomic E-state index is 11.8. The van der Waals surface area contributed by atoms with Crippen molar-refractivity contribution >= 4 is 45.7 Å². The van der Waals surface area contributed by atoms with Crippen LogP contribution in [0, 0.1) is 0 Å². The van der Waals surface area contributed by atoms with Crippen molar-refractivity contribution in [3.63, 3.8) is 0 Å². The molecule has 1 rings (SSSR count). The van der Waals surface area contributed by atoms with Crippen molar-refractivity contribution in [2.75, 3.05) is 13.2 Å². The number of carbonyl (C=O) groups excluding carboxylic acids is 2. The number of esters is 2. The molecule has 0 saturated heterocycles. The molecule has 6 nitrogen and oxygen atoms in total. The number of hydrogen-bond acceptors (Lipinski definition) is 6. The highest BCUT2D eigenvalue weighted by atomic mass is 79.9. The van der Waals surface area contributed by atoms with Crippen molar-refractivity contribution in [1.29, 1.82) is 0 Å². The fourth-order valence-corrected chi connectivity index (χ4v) is 2.33. The zero-order chi connectivity index (χ0) is 16.7. The second kappa shape index (κ2) is 8.75. The minimum absolute atomic E-state index is 0.109. The molecule has 1 N–H and O–H groups in total. The molecule has 22 heavy (non-hydrogen) atoms. The van der Waals surface area contributed by atoms with Gasteiger partial charge in [-0.3, -0.25) is 4.99 Å². The highest BCUT2D eigenvalue weighted by Crippen LogP contribution is 2.30. The quantitative estimate of drug-likeness (QED) is 0.457. The Morgan fingerprint density at radius 2 is 1.86 bits per heavy atom. The molecular weight excluding hydrogens is 378 g/mol. The Labute approximate surface area is 141 Å². The molecule has 1 aromatic rings. The van der Waals surface area contributed by atoms with Gasteiger partial charge in [0.05, 0.1) is 17.7 Å². The van der Waals surface area contributed by atoms with E-state index < -0.39 is 18.0 Å². The fourth-order valence-electron chi connectivity index (χ4n) is 1.50. The van der Waals surface area contributed by atoms with Crippen molar-refractivity contribution in [3.8, 4) is 5.75 Å². The lowest BCUT2D eigenvalue weighted by atomic mass is 10.2. The van der Waals surface area contributed by atoms with E-state index in [2.05, 4.69) is 20.9 Å². The van der Waals surface area contributed by atoms with Gasteiger partial charge in [0, 0.05) is 16.8 Å². The maximum Gasteiger partial charge on any atom is 0.342 e. The zero-order valence-electron chi connectivity index (χ0n) is 12.0. The second-order valence-electron chi connectivity index (χ2n) is 4.01. The van der Waals surface area contributed by atoms with Gasteiger partial charge in [-0.15, -0.1) is 0 Å². The number of halogens is 2. The van der Waals surface area contributed by atoms with E-state index in [1.807, 2.05) is 0 Å². The van der Waals surface area contributed by atoms with E-state index in [9.17, 15) is 14.7 Å². The molecule has 0 bridgehead atoms. The van der Waals surface area contributed by atoms with Crippen LogP contribution in [0.15, 0.2) is 21.6 Å². The first-order chi connectivity index (χ1) is 10.4. The predicted molar refractivity (Wildman–Crippen MR) is 85.5 cm³/mol. The summed E-state index contributed by atoms with van der Waals surface area (Å²) < 4.78 is 9.94. The topological polar surface area (TPSA) is 85.2 Å². The van der Waals surface area contributed by atoms with Crippen LogP contribution in [-0.4, -0.2) is 42.5 Å². The number of benzene rings is 1. The smallest absolute Gasteiger partial charge is 0.342 e. The van der Waals surface area contributed by atoms with Gasteiger partial charge in [0.1, 0.15) is 5.75 Å². The minimum Gasteiger partial charge on any atom is -0.506 e. The van der Waals surface area contributed by atoms with Crippen LogP contribution >= 0.6 is 27.5 Å². The normalized spacial score (nSPS) is 11.0. The van der Waals surface area contributed by atoms with Gasteiger partial charge in [-0.05, 0) is 41.9 Å². The molecule has 0 atom stereocenters. The molecular formula is C14H15BrClNO5. The van der Waals surface area contributed by atoms with Crippen LogP contribution in [0.2, 0.25) is 5.02 Å². The Kier molecular flexibility index (Phi) is 7.34. The van der Waals surface area contributed by atoms with E-state index in [1.54, 1.807) is 13.8 Å². The third-order valence-corrected chi connectivity index (χ3v) is 3.26. The van der Waals surface area contributed by atoms with E-state index in [1.165, 1.54) is 18.3 Å². The Balaban J connectivity index is 3.07. The summed E-state index contributed by atoms with van der Waals surface area (Å²) in [6, 6.07) is 1.50. The third-order valence-electron chi connectivity index (χ3n) is 2.44. The molecule has 0 aromatic heterocycles. The minimum atomic E-state index is -1.45. The molecule has 0 aliphatic heterocycles. The highest BCUT2D eigenvalue weighted by molar-refractivity contribution is 9.10. The average molecular weight is 393 g/mol. The number of phenols is 1. The predicted octanol–water partition coefficient (Wildman–Crippen LogP) is 2.72. The Bertz CT molecular complexity index is 573. The largest absolute Gasteiger partial charge is 0.506 e. The summed E-state index contributed by atoms with van der Waals surface area (Å²) in [5.74, 6) is -1.75. The number of ether oxygens (including phenoxy) is 2. The first-order valence-electron chi connectivity index (χ1n) is 6.45. The van der Waals surface area contributed by atoms with E-state index in [0.29, 0.717) is 9.50 Å². The van der Waals surface area contributed by atoms with Crippen LogP contribution < -0.4 is 0 Å². The molecule has 0 saturated carbocycles. The van der Waals surface area contributed by atoms with Crippen molar-refractivity contribution in [3.05, 3.63) is 27.2 Å². The lowest BCUT2D eigenvalue weighted by Crippen LogP contribution is -2.32. The summed E-state index contributed by atoms with van der Waals surface area (Å²) in [5.41, 5.74) is 0.248. The molecule has 0 radical (unpaired) electrons. The Morgan fingerprint density at radius 3 is 2.36 bits per heavy atom. The molecule has 0 aliphatic rings. The summed E-state index contributed by atoms with van der Waals surface area (Å²) in [4.78, 5) is 27.4. The zero-order valence-corrected chi connectivity index (χ0v) is 14.3. The van der Waals surface area contributed by atoms with Gasteiger partial charge in [0.25, 0.3) is 0 Å². The number of rotatable bonds is 6. The molecule has 1 aromatic carbocycles. The van der Waals surface area contributed by atoms with E-state index in [0.717, 1.165) is 0 Å². The summed E-state index contributed by atoms with van der Waals surface area (Å²) >= 11 is 9.01. The first kappa shape index (κ1) is 18.4. The van der Waals surface area contributed by atoms with Gasteiger partial charge in [0.15, 0.2) is 0 Å². The van der Waals surface area contributed by atoms with Gasteiger partial charge in [-0.25, -0.2) is 9.59 Å². The second-order valence-corrected chi connectivity index (χ2v) is 5.30. The monoisotopic (exact) mass is 391 g/mol. The number of hydrogen-bond donors (Lipinski definition) is 1. The van der Waals surface area contributed by atoms with Crippen molar-refractivity contribution in [2.24, 2.45) is 4.99 Å². The molecule has 0 fully saturated rings. The maximum atomic E-state index is 11.8. The van der Waals surface area contributed by atoms with Gasteiger partial charge in [-0.2, -0.15) is 0 Å². The van der Waals surface area contributed by atoms with Crippen LogP contribution in [0.3, 0.4) is 0 Å². The summed E-state index contributed by atoms with van der Waals surface area (Å²) in [5, 5.41) is 10.2. The number of nitrogens with zero attached hydrogens (tertiary/aromatic N) is 1. The summed E-state index contributed by atoms with van der Waals surface area (Å²) in [6.45, 7) is 3.45. The molecule has 0 amide bonds. The van der Waals surface area contributed by atoms with Crippen LogP contribution in [0.4, 0.5) is 0 Å². The lowest BCUT2D eigenvalue weighted by molar-refractivity contribution is -0.156. The average Bonchev–Trinajstić information content (AvgIpc) is 2.44. The van der Waals surface area contributed by atoms with Crippen molar-refractivity contribution in [1.82, 2.24) is 0 Å². The molecule has 0 aliphatic carbocycles. The van der Waals surface area contributed by atoms with Crippen LogP contribution in [0.5, 0.6) is 5.75 Å². The van der Waals surface area contributed by atoms with Gasteiger partial charge in [-0.1, -0.05) is 11.6 Å². The first-order valence-corrected chi connectivity index (χ1v) is 7.62. The molecule has 0 heterocycles. The third kappa shape index (κ3) is 4.99. The standard InChI is InChI=1S/C14H15BrClNO5/c1-3-21-13(19)11(14(20)22-4-2)17-7-8-5-9(16)6-10(15)12(8)18/h5-7,11,18H,3-4H2,1-2H3.